The van der Waals surface area contributed by atoms with E-state index in [1.165, 1.54) is 0 Å². The molecule has 0 saturated carbocycles. The molecule has 116 valence electrons. The molecule has 1 aromatic carbocycles. The van der Waals surface area contributed by atoms with Crippen LogP contribution in [-0.2, 0) is 14.9 Å². The molecule has 0 atom stereocenters. The van der Waals surface area contributed by atoms with Crippen LogP contribution in [0.3, 0.4) is 0 Å². The average Bonchev–Trinajstić information content (AvgIpc) is 2.56. The molecule has 2 heterocycles. The number of rotatable bonds is 2. The predicted molar refractivity (Wildman–Crippen MR) is 84.9 cm³/mol. The maximum absolute atomic E-state index is 13.1. The van der Waals surface area contributed by atoms with Crippen LogP contribution in [0.25, 0.3) is 0 Å². The second-order valence-electron chi connectivity index (χ2n) is 5.60. The van der Waals surface area contributed by atoms with E-state index in [4.69, 9.17) is 4.74 Å². The van der Waals surface area contributed by atoms with Crippen molar-refractivity contribution in [1.82, 2.24) is 10.2 Å². The highest BCUT2D eigenvalue weighted by atomic mass is 35.5. The Morgan fingerprint density at radius 1 is 1.10 bits per heavy atom. The van der Waals surface area contributed by atoms with E-state index in [9.17, 15) is 4.79 Å². The third kappa shape index (κ3) is 3.23. The molecule has 1 amide bonds. The highest BCUT2D eigenvalue weighted by molar-refractivity contribution is 5.88. The fraction of sp³-hybridized carbons (Fsp3) is 0.562. The summed E-state index contributed by atoms with van der Waals surface area (Å²) in [7, 11) is 0. The molecule has 2 fully saturated rings. The lowest BCUT2D eigenvalue weighted by atomic mass is 9.72. The van der Waals surface area contributed by atoms with Gasteiger partial charge in [0.2, 0.25) is 5.91 Å². The average molecular weight is 311 g/mol. The summed E-state index contributed by atoms with van der Waals surface area (Å²) >= 11 is 0. The van der Waals surface area contributed by atoms with Gasteiger partial charge in [0.1, 0.15) is 0 Å². The summed E-state index contributed by atoms with van der Waals surface area (Å²) in [5.41, 5.74) is 0.821. The standard InChI is InChI=1S/C16H22N2O2.ClH/c19-15(18-10-12-20-13-11-18)16(6-8-17-9-7-16)14-4-2-1-3-5-14;/h1-5,17H,6-13H2;1H. The molecule has 0 radical (unpaired) electrons. The number of benzene rings is 1. The smallest absolute Gasteiger partial charge is 0.233 e. The van der Waals surface area contributed by atoms with Crippen molar-refractivity contribution >= 4 is 18.3 Å². The number of morpholine rings is 1. The van der Waals surface area contributed by atoms with Crippen molar-refractivity contribution in [1.29, 1.82) is 0 Å². The van der Waals surface area contributed by atoms with Gasteiger partial charge in [-0.1, -0.05) is 30.3 Å². The van der Waals surface area contributed by atoms with Crippen molar-refractivity contribution < 1.29 is 9.53 Å². The van der Waals surface area contributed by atoms with Crippen LogP contribution >= 0.6 is 12.4 Å². The van der Waals surface area contributed by atoms with Gasteiger partial charge in [-0.2, -0.15) is 0 Å². The Labute approximate surface area is 132 Å². The minimum absolute atomic E-state index is 0. The van der Waals surface area contributed by atoms with E-state index >= 15 is 0 Å². The molecule has 0 unspecified atom stereocenters. The number of carbonyl (C=O) groups excluding carboxylic acids is 1. The van der Waals surface area contributed by atoms with E-state index in [0.29, 0.717) is 13.2 Å². The number of amides is 1. The summed E-state index contributed by atoms with van der Waals surface area (Å²) in [6.07, 6.45) is 1.76. The predicted octanol–water partition coefficient (Wildman–Crippen LogP) is 1.59. The topological polar surface area (TPSA) is 41.6 Å². The number of nitrogens with one attached hydrogen (secondary N) is 1. The Bertz CT molecular complexity index is 455. The fourth-order valence-corrected chi connectivity index (χ4v) is 3.31. The molecule has 4 nitrogen and oxygen atoms in total. The maximum atomic E-state index is 13.1. The van der Waals surface area contributed by atoms with Crippen LogP contribution in [0, 0.1) is 0 Å². The Morgan fingerprint density at radius 2 is 1.71 bits per heavy atom. The van der Waals surface area contributed by atoms with Gasteiger partial charge in [-0.15, -0.1) is 12.4 Å². The number of hydrogen-bond acceptors (Lipinski definition) is 3. The second kappa shape index (κ2) is 7.25. The molecule has 0 spiro atoms. The molecule has 1 aromatic rings. The van der Waals surface area contributed by atoms with Gasteiger partial charge in [0, 0.05) is 13.1 Å². The van der Waals surface area contributed by atoms with Gasteiger partial charge < -0.3 is 15.0 Å². The Morgan fingerprint density at radius 3 is 2.33 bits per heavy atom. The van der Waals surface area contributed by atoms with E-state index in [-0.39, 0.29) is 23.7 Å². The van der Waals surface area contributed by atoms with E-state index in [2.05, 4.69) is 17.4 Å². The number of hydrogen-bond donors (Lipinski definition) is 1. The van der Waals surface area contributed by atoms with Gasteiger partial charge in [0.25, 0.3) is 0 Å². The van der Waals surface area contributed by atoms with Gasteiger partial charge >= 0.3 is 0 Å². The van der Waals surface area contributed by atoms with Crippen molar-refractivity contribution in [3.63, 3.8) is 0 Å². The first-order valence-corrected chi connectivity index (χ1v) is 7.46. The Hall–Kier alpha value is -1.10. The summed E-state index contributed by atoms with van der Waals surface area (Å²) in [5.74, 6) is 0.286. The van der Waals surface area contributed by atoms with Crippen molar-refractivity contribution in [2.45, 2.75) is 18.3 Å². The monoisotopic (exact) mass is 310 g/mol. The molecule has 1 N–H and O–H groups in total. The molecule has 5 heteroatoms. The summed E-state index contributed by atoms with van der Waals surface area (Å²) in [6.45, 7) is 4.58. The number of ether oxygens (including phenoxy) is 1. The van der Waals surface area contributed by atoms with E-state index in [1.807, 2.05) is 23.1 Å². The minimum Gasteiger partial charge on any atom is -0.378 e. The van der Waals surface area contributed by atoms with E-state index in [1.54, 1.807) is 0 Å². The largest absolute Gasteiger partial charge is 0.378 e. The van der Waals surface area contributed by atoms with Crippen LogP contribution in [0.2, 0.25) is 0 Å². The lowest BCUT2D eigenvalue weighted by Crippen LogP contribution is -2.54. The summed E-state index contributed by atoms with van der Waals surface area (Å²) in [4.78, 5) is 15.1. The van der Waals surface area contributed by atoms with Gasteiger partial charge in [-0.3, -0.25) is 4.79 Å². The van der Waals surface area contributed by atoms with Crippen molar-refractivity contribution in [3.8, 4) is 0 Å². The quantitative estimate of drug-likeness (QED) is 0.902. The third-order valence-corrected chi connectivity index (χ3v) is 4.49. The van der Waals surface area contributed by atoms with Gasteiger partial charge in [-0.05, 0) is 31.5 Å². The SMILES string of the molecule is Cl.O=C(N1CCOCC1)C1(c2ccccc2)CCNCC1. The molecule has 21 heavy (non-hydrogen) atoms. The molecule has 2 aliphatic heterocycles. The lowest BCUT2D eigenvalue weighted by Gasteiger charge is -2.41. The van der Waals surface area contributed by atoms with Crippen LogP contribution in [0.15, 0.2) is 30.3 Å². The second-order valence-corrected chi connectivity index (χ2v) is 5.60. The van der Waals surface area contributed by atoms with Crippen LogP contribution in [0.1, 0.15) is 18.4 Å². The first kappa shape index (κ1) is 16.3. The van der Waals surface area contributed by atoms with E-state index in [0.717, 1.165) is 44.6 Å². The molecule has 2 saturated heterocycles. The molecule has 3 rings (SSSR count). The zero-order chi connectivity index (χ0) is 13.8. The number of nitrogens with zero attached hydrogens (tertiary/aromatic N) is 1. The number of carbonyl (C=O) groups is 1. The summed E-state index contributed by atoms with van der Waals surface area (Å²) < 4.78 is 5.37. The summed E-state index contributed by atoms with van der Waals surface area (Å²) in [5, 5.41) is 3.37. The molecule has 0 aliphatic carbocycles. The van der Waals surface area contributed by atoms with Crippen LogP contribution in [0.4, 0.5) is 0 Å². The molecule has 0 aromatic heterocycles. The number of halogens is 1. The van der Waals surface area contributed by atoms with Crippen LogP contribution in [0.5, 0.6) is 0 Å². The number of piperidine rings is 1. The van der Waals surface area contributed by atoms with E-state index < -0.39 is 0 Å². The highest BCUT2D eigenvalue weighted by Gasteiger charge is 2.43. The zero-order valence-corrected chi connectivity index (χ0v) is 13.0. The Kier molecular flexibility index (Phi) is 5.62. The van der Waals surface area contributed by atoms with Gasteiger partial charge in [-0.25, -0.2) is 0 Å². The first-order chi connectivity index (χ1) is 9.83. The van der Waals surface area contributed by atoms with Crippen LogP contribution < -0.4 is 5.32 Å². The first-order valence-electron chi connectivity index (χ1n) is 7.46. The lowest BCUT2D eigenvalue weighted by molar-refractivity contribution is -0.142. The van der Waals surface area contributed by atoms with Crippen LogP contribution in [-0.4, -0.2) is 50.2 Å². The zero-order valence-electron chi connectivity index (χ0n) is 12.2. The van der Waals surface area contributed by atoms with Crippen molar-refractivity contribution in [2.24, 2.45) is 0 Å². The van der Waals surface area contributed by atoms with Crippen molar-refractivity contribution in [2.75, 3.05) is 39.4 Å². The Balaban J connectivity index is 0.00000161. The van der Waals surface area contributed by atoms with Crippen molar-refractivity contribution in [3.05, 3.63) is 35.9 Å². The molecule has 2 aliphatic rings. The molecular weight excluding hydrogens is 288 g/mol. The molecule has 0 bridgehead atoms. The van der Waals surface area contributed by atoms with Gasteiger partial charge in [0.05, 0.1) is 18.6 Å². The summed E-state index contributed by atoms with van der Waals surface area (Å²) in [6, 6.07) is 10.3. The fourth-order valence-electron chi connectivity index (χ4n) is 3.31. The molecular formula is C16H23ClN2O2. The third-order valence-electron chi connectivity index (χ3n) is 4.49. The van der Waals surface area contributed by atoms with Gasteiger partial charge in [0.15, 0.2) is 0 Å². The minimum atomic E-state index is -0.343. The highest BCUT2D eigenvalue weighted by Crippen LogP contribution is 2.35. The normalized spacial score (nSPS) is 21.4. The maximum Gasteiger partial charge on any atom is 0.233 e.